The highest BCUT2D eigenvalue weighted by Gasteiger charge is 2.54. The molecule has 0 heterocycles. The molecule has 3 unspecified atom stereocenters. The molecule has 6 heteroatoms. The second-order valence-electron chi connectivity index (χ2n) is 7.35. The van der Waals surface area contributed by atoms with E-state index in [1.807, 2.05) is 6.92 Å². The summed E-state index contributed by atoms with van der Waals surface area (Å²) >= 11 is 3.50. The van der Waals surface area contributed by atoms with Crippen molar-refractivity contribution in [2.45, 2.75) is 51.4 Å². The van der Waals surface area contributed by atoms with Crippen molar-refractivity contribution in [3.05, 3.63) is 37.8 Å². The number of rotatable bonds is 2. The molecule has 1 aromatic carbocycles. The molecule has 0 bridgehead atoms. The van der Waals surface area contributed by atoms with Gasteiger partial charge in [0.25, 0.3) is 5.69 Å². The molecule has 2 N–H and O–H groups in total. The summed E-state index contributed by atoms with van der Waals surface area (Å²) in [7, 11) is 0. The van der Waals surface area contributed by atoms with Crippen LogP contribution in [0.5, 0.6) is 0 Å². The van der Waals surface area contributed by atoms with Crippen molar-refractivity contribution in [2.24, 2.45) is 17.1 Å². The summed E-state index contributed by atoms with van der Waals surface area (Å²) in [6, 6.07) is 3.29. The lowest BCUT2D eigenvalue weighted by Crippen LogP contribution is -2.54. The van der Waals surface area contributed by atoms with E-state index in [9.17, 15) is 14.9 Å². The Morgan fingerprint density at radius 1 is 1.39 bits per heavy atom. The highest BCUT2D eigenvalue weighted by Crippen LogP contribution is 2.58. The van der Waals surface area contributed by atoms with Gasteiger partial charge >= 0.3 is 0 Å². The smallest absolute Gasteiger partial charge is 0.270 e. The first kappa shape index (κ1) is 16.4. The Morgan fingerprint density at radius 3 is 2.70 bits per heavy atom. The number of hydrogen-bond donors (Lipinski definition) is 1. The van der Waals surface area contributed by atoms with Crippen LogP contribution in [-0.4, -0.2) is 10.8 Å². The minimum absolute atomic E-state index is 0.101. The molecule has 0 spiro atoms. The summed E-state index contributed by atoms with van der Waals surface area (Å²) in [5.41, 5.74) is 7.21. The number of halogens is 1. The largest absolute Gasteiger partial charge is 0.369 e. The Hall–Kier alpha value is -1.43. The van der Waals surface area contributed by atoms with Gasteiger partial charge in [0.2, 0.25) is 5.91 Å². The van der Waals surface area contributed by atoms with Crippen LogP contribution in [0.1, 0.15) is 50.7 Å². The lowest BCUT2D eigenvalue weighted by atomic mass is 9.49. The maximum Gasteiger partial charge on any atom is 0.270 e. The third-order valence-corrected chi connectivity index (χ3v) is 6.89. The Morgan fingerprint density at radius 2 is 2.09 bits per heavy atom. The first-order valence-electron chi connectivity index (χ1n) is 7.97. The van der Waals surface area contributed by atoms with Gasteiger partial charge in [-0.3, -0.25) is 14.9 Å². The number of nitro benzene ring substituents is 1. The lowest BCUT2D eigenvalue weighted by Gasteiger charge is -2.54. The van der Waals surface area contributed by atoms with E-state index >= 15 is 0 Å². The number of carbonyl (C=O) groups is 1. The van der Waals surface area contributed by atoms with Gasteiger partial charge in [0.05, 0.1) is 4.92 Å². The van der Waals surface area contributed by atoms with E-state index in [0.717, 1.165) is 47.7 Å². The second-order valence-corrected chi connectivity index (χ2v) is 8.21. The van der Waals surface area contributed by atoms with Gasteiger partial charge in [0, 0.05) is 22.0 Å². The van der Waals surface area contributed by atoms with Crippen molar-refractivity contribution in [1.29, 1.82) is 0 Å². The van der Waals surface area contributed by atoms with Gasteiger partial charge in [-0.1, -0.05) is 36.2 Å². The topological polar surface area (TPSA) is 86.2 Å². The van der Waals surface area contributed by atoms with Crippen molar-refractivity contribution >= 4 is 27.5 Å². The minimum atomic E-state index is -0.540. The fourth-order valence-corrected chi connectivity index (χ4v) is 5.56. The third kappa shape index (κ3) is 2.30. The average molecular weight is 381 g/mol. The van der Waals surface area contributed by atoms with Crippen molar-refractivity contribution < 1.29 is 9.72 Å². The highest BCUT2D eigenvalue weighted by molar-refractivity contribution is 9.10. The number of carbonyl (C=O) groups excluding carboxylic acids is 1. The van der Waals surface area contributed by atoms with E-state index in [0.29, 0.717) is 0 Å². The maximum atomic E-state index is 12.1. The number of non-ortho nitro benzene ring substituents is 1. The number of fused-ring (bicyclic) bond motifs is 3. The van der Waals surface area contributed by atoms with Gasteiger partial charge in [-0.2, -0.15) is 0 Å². The number of nitrogens with zero attached hydrogens (tertiary/aromatic N) is 1. The Kier molecular flexibility index (Phi) is 3.78. The Balaban J connectivity index is 2.19. The lowest BCUT2D eigenvalue weighted by molar-refractivity contribution is -0.385. The van der Waals surface area contributed by atoms with Gasteiger partial charge in [-0.25, -0.2) is 0 Å². The number of nitro groups is 1. The minimum Gasteiger partial charge on any atom is -0.369 e. The fourth-order valence-electron chi connectivity index (χ4n) is 4.91. The van der Waals surface area contributed by atoms with Crippen LogP contribution in [0.4, 0.5) is 5.69 Å². The first-order chi connectivity index (χ1) is 10.7. The van der Waals surface area contributed by atoms with E-state index < -0.39 is 5.41 Å². The second kappa shape index (κ2) is 5.30. The van der Waals surface area contributed by atoms with E-state index in [4.69, 9.17) is 5.73 Å². The van der Waals surface area contributed by atoms with E-state index in [1.165, 1.54) is 0 Å². The quantitative estimate of drug-likeness (QED) is 0.624. The summed E-state index contributed by atoms with van der Waals surface area (Å²) in [4.78, 5) is 23.0. The molecule has 23 heavy (non-hydrogen) atoms. The maximum absolute atomic E-state index is 12.1. The zero-order valence-electron chi connectivity index (χ0n) is 13.4. The SMILES string of the molecule is CC1(C(N)=O)CCCC2(C)c3cc([N+](=O)[O-])cc(Br)c3CCC12. The molecule has 3 rings (SSSR count). The number of benzene rings is 1. The Labute approximate surface area is 143 Å². The van der Waals surface area contributed by atoms with Gasteiger partial charge in [-0.05, 0) is 48.1 Å². The molecule has 1 amide bonds. The van der Waals surface area contributed by atoms with Gasteiger partial charge in [0.15, 0.2) is 0 Å². The normalized spacial score (nSPS) is 32.7. The molecule has 0 saturated heterocycles. The highest BCUT2D eigenvalue weighted by atomic mass is 79.9. The standard InChI is InChI=1S/C17H21BrN2O3/c1-16-6-3-7-17(2,15(19)21)14(16)5-4-11-12(16)8-10(20(22)23)9-13(11)18/h8-9,14H,3-7H2,1-2H3,(H2,19,21). The van der Waals surface area contributed by atoms with Crippen LogP contribution in [-0.2, 0) is 16.6 Å². The molecular weight excluding hydrogens is 360 g/mol. The monoisotopic (exact) mass is 380 g/mol. The Bertz CT molecular complexity index is 705. The molecule has 0 aliphatic heterocycles. The molecule has 3 atom stereocenters. The van der Waals surface area contributed by atoms with Crippen molar-refractivity contribution in [2.75, 3.05) is 0 Å². The molecule has 1 saturated carbocycles. The predicted molar refractivity (Wildman–Crippen MR) is 91.1 cm³/mol. The molecule has 1 aromatic rings. The third-order valence-electron chi connectivity index (χ3n) is 6.18. The van der Waals surface area contributed by atoms with Crippen molar-refractivity contribution in [1.82, 2.24) is 0 Å². The van der Waals surface area contributed by atoms with E-state index in [1.54, 1.807) is 12.1 Å². The van der Waals surface area contributed by atoms with Crippen LogP contribution in [0, 0.1) is 21.4 Å². The summed E-state index contributed by atoms with van der Waals surface area (Å²) in [6.45, 7) is 4.11. The zero-order chi connectivity index (χ0) is 17.0. The molecule has 5 nitrogen and oxygen atoms in total. The number of amides is 1. The zero-order valence-corrected chi connectivity index (χ0v) is 15.0. The van der Waals surface area contributed by atoms with Gasteiger partial charge in [-0.15, -0.1) is 0 Å². The summed E-state index contributed by atoms with van der Waals surface area (Å²) < 4.78 is 0.799. The average Bonchev–Trinajstić information content (AvgIpc) is 2.47. The van der Waals surface area contributed by atoms with E-state index in [-0.39, 0.29) is 27.9 Å². The molecular formula is C17H21BrN2O3. The summed E-state index contributed by atoms with van der Waals surface area (Å²) in [6.07, 6.45) is 4.34. The van der Waals surface area contributed by atoms with Crippen molar-refractivity contribution in [3.63, 3.8) is 0 Å². The number of hydrogen-bond acceptors (Lipinski definition) is 3. The van der Waals surface area contributed by atoms with Gasteiger partial charge < -0.3 is 5.73 Å². The molecule has 2 aliphatic carbocycles. The van der Waals surface area contributed by atoms with Gasteiger partial charge in [0.1, 0.15) is 0 Å². The van der Waals surface area contributed by atoms with Crippen molar-refractivity contribution in [3.8, 4) is 0 Å². The molecule has 0 radical (unpaired) electrons. The predicted octanol–water partition coefficient (Wildman–Crippen LogP) is 3.85. The van der Waals surface area contributed by atoms with Crippen LogP contribution in [0.3, 0.4) is 0 Å². The number of nitrogens with two attached hydrogens (primary N) is 1. The van der Waals surface area contributed by atoms with E-state index in [2.05, 4.69) is 22.9 Å². The molecule has 0 aromatic heterocycles. The van der Waals surface area contributed by atoms with Crippen LogP contribution in [0.15, 0.2) is 16.6 Å². The number of primary amides is 1. The fraction of sp³-hybridized carbons (Fsp3) is 0.588. The first-order valence-corrected chi connectivity index (χ1v) is 8.76. The molecule has 124 valence electrons. The van der Waals surface area contributed by atoms with Crippen LogP contribution in [0.25, 0.3) is 0 Å². The molecule has 1 fully saturated rings. The van der Waals surface area contributed by atoms with Crippen LogP contribution in [0.2, 0.25) is 0 Å². The van der Waals surface area contributed by atoms with Crippen LogP contribution >= 0.6 is 15.9 Å². The summed E-state index contributed by atoms with van der Waals surface area (Å²) in [5, 5.41) is 11.2. The van der Waals surface area contributed by atoms with Crippen LogP contribution < -0.4 is 5.73 Å². The molecule has 2 aliphatic rings. The summed E-state index contributed by atoms with van der Waals surface area (Å²) in [5.74, 6) is -0.121.